The molecule has 3 heteroatoms. The van der Waals surface area contributed by atoms with Gasteiger partial charge in [0.2, 0.25) is 0 Å². The van der Waals surface area contributed by atoms with Crippen LogP contribution in [0.1, 0.15) is 42.7 Å². The van der Waals surface area contributed by atoms with Crippen molar-refractivity contribution in [3.8, 4) is 0 Å². The van der Waals surface area contributed by atoms with E-state index in [1.165, 1.54) is 30.4 Å². The largest absolute Gasteiger partial charge is 0.328 e. The average Bonchev–Trinajstić information content (AvgIpc) is 2.88. The fourth-order valence-corrected chi connectivity index (χ4v) is 2.98. The van der Waals surface area contributed by atoms with Gasteiger partial charge in [-0.1, -0.05) is 36.8 Å². The van der Waals surface area contributed by atoms with Crippen LogP contribution in [0.15, 0.2) is 42.7 Å². The van der Waals surface area contributed by atoms with Crippen molar-refractivity contribution in [2.24, 2.45) is 5.73 Å². The molecule has 100 valence electrons. The van der Waals surface area contributed by atoms with Gasteiger partial charge in [0, 0.05) is 12.2 Å². The third-order valence-corrected chi connectivity index (χ3v) is 4.03. The molecule has 0 aliphatic heterocycles. The summed E-state index contributed by atoms with van der Waals surface area (Å²) in [4.78, 5) is 0. The Bertz CT molecular complexity index is 518. The summed E-state index contributed by atoms with van der Waals surface area (Å²) in [5.74, 6) is 0.605. The number of hydrogen-bond donors (Lipinski definition) is 1. The van der Waals surface area contributed by atoms with Gasteiger partial charge in [-0.05, 0) is 36.3 Å². The number of benzene rings is 1. The Balaban J connectivity index is 1.69. The Morgan fingerprint density at radius 3 is 2.84 bits per heavy atom. The maximum Gasteiger partial charge on any atom is 0.0659 e. The third kappa shape index (κ3) is 3.04. The summed E-state index contributed by atoms with van der Waals surface area (Å²) in [6, 6.07) is 10.8. The molecular weight excluding hydrogens is 234 g/mol. The fraction of sp³-hybridized carbons (Fsp3) is 0.438. The minimum absolute atomic E-state index is 0.372. The van der Waals surface area contributed by atoms with Crippen LogP contribution in [0.5, 0.6) is 0 Å². The highest BCUT2D eigenvalue weighted by Gasteiger charge is 2.21. The lowest BCUT2D eigenvalue weighted by Gasteiger charge is -2.25. The van der Waals surface area contributed by atoms with Crippen LogP contribution < -0.4 is 5.73 Å². The summed E-state index contributed by atoms with van der Waals surface area (Å²) in [6.07, 6.45) is 8.99. The van der Waals surface area contributed by atoms with E-state index in [1.54, 1.807) is 0 Å². The highest BCUT2D eigenvalue weighted by atomic mass is 15.3. The van der Waals surface area contributed by atoms with Gasteiger partial charge >= 0.3 is 0 Å². The molecule has 1 aromatic heterocycles. The van der Waals surface area contributed by atoms with Gasteiger partial charge in [-0.2, -0.15) is 5.10 Å². The van der Waals surface area contributed by atoms with E-state index in [1.807, 2.05) is 16.9 Å². The molecule has 3 nitrogen and oxygen atoms in total. The maximum absolute atomic E-state index is 6.07. The van der Waals surface area contributed by atoms with Gasteiger partial charge in [-0.25, -0.2) is 0 Å². The van der Waals surface area contributed by atoms with Gasteiger partial charge in [-0.3, -0.25) is 4.68 Å². The molecule has 1 heterocycles. The van der Waals surface area contributed by atoms with Crippen LogP contribution >= 0.6 is 0 Å². The van der Waals surface area contributed by atoms with Crippen molar-refractivity contribution in [1.29, 1.82) is 0 Å². The average molecular weight is 255 g/mol. The molecule has 0 saturated heterocycles. The standard InChI is InChI=1S/C16H21N3/c17-16-8-4-7-14(9-16)15-10-18-19(12-15)11-13-5-2-1-3-6-13/h1-3,5-6,10,12,14,16H,4,7-9,11,17H2. The predicted octanol–water partition coefficient (Wildman–Crippen LogP) is 2.92. The van der Waals surface area contributed by atoms with Crippen molar-refractivity contribution in [1.82, 2.24) is 9.78 Å². The molecule has 2 unspecified atom stereocenters. The second-order valence-electron chi connectivity index (χ2n) is 5.58. The van der Waals surface area contributed by atoms with Crippen LogP contribution in [0.4, 0.5) is 0 Å². The van der Waals surface area contributed by atoms with Crippen molar-refractivity contribution < 1.29 is 0 Å². The number of hydrogen-bond acceptors (Lipinski definition) is 2. The van der Waals surface area contributed by atoms with Gasteiger partial charge in [0.05, 0.1) is 12.7 Å². The zero-order valence-electron chi connectivity index (χ0n) is 11.2. The lowest BCUT2D eigenvalue weighted by molar-refractivity contribution is 0.393. The minimum atomic E-state index is 0.372. The normalized spacial score (nSPS) is 23.4. The molecule has 0 spiro atoms. The van der Waals surface area contributed by atoms with Crippen LogP contribution in [0.3, 0.4) is 0 Å². The van der Waals surface area contributed by atoms with Crippen molar-refractivity contribution in [2.75, 3.05) is 0 Å². The van der Waals surface area contributed by atoms with Crippen LogP contribution in [-0.4, -0.2) is 15.8 Å². The number of aromatic nitrogens is 2. The van der Waals surface area contributed by atoms with Crippen LogP contribution in [0, 0.1) is 0 Å². The van der Waals surface area contributed by atoms with Crippen LogP contribution in [0.2, 0.25) is 0 Å². The Kier molecular flexibility index (Phi) is 3.65. The van der Waals surface area contributed by atoms with Crippen molar-refractivity contribution in [3.05, 3.63) is 53.9 Å². The monoisotopic (exact) mass is 255 g/mol. The van der Waals surface area contributed by atoms with Gasteiger partial charge in [0.1, 0.15) is 0 Å². The van der Waals surface area contributed by atoms with Crippen molar-refractivity contribution in [2.45, 2.75) is 44.2 Å². The third-order valence-electron chi connectivity index (χ3n) is 4.03. The van der Waals surface area contributed by atoms with Crippen LogP contribution in [0.25, 0.3) is 0 Å². The molecule has 1 saturated carbocycles. The Morgan fingerprint density at radius 1 is 1.21 bits per heavy atom. The molecule has 0 amide bonds. The smallest absolute Gasteiger partial charge is 0.0659 e. The Labute approximate surface area is 114 Å². The van der Waals surface area contributed by atoms with Gasteiger partial charge in [0.25, 0.3) is 0 Å². The zero-order chi connectivity index (χ0) is 13.1. The number of nitrogens with zero attached hydrogens (tertiary/aromatic N) is 2. The topological polar surface area (TPSA) is 43.8 Å². The van der Waals surface area contributed by atoms with E-state index in [0.717, 1.165) is 13.0 Å². The molecule has 1 aliphatic carbocycles. The van der Waals surface area contributed by atoms with E-state index >= 15 is 0 Å². The molecule has 3 rings (SSSR count). The first-order valence-corrected chi connectivity index (χ1v) is 7.13. The predicted molar refractivity (Wildman–Crippen MR) is 77.0 cm³/mol. The van der Waals surface area contributed by atoms with E-state index < -0.39 is 0 Å². The molecule has 2 atom stereocenters. The van der Waals surface area contributed by atoms with E-state index in [4.69, 9.17) is 5.73 Å². The summed E-state index contributed by atoms with van der Waals surface area (Å²) in [7, 11) is 0. The summed E-state index contributed by atoms with van der Waals surface area (Å²) >= 11 is 0. The molecule has 0 radical (unpaired) electrons. The highest BCUT2D eigenvalue weighted by molar-refractivity contribution is 5.17. The first kappa shape index (κ1) is 12.4. The molecule has 0 bridgehead atoms. The molecule has 19 heavy (non-hydrogen) atoms. The first-order chi connectivity index (χ1) is 9.31. The summed E-state index contributed by atoms with van der Waals surface area (Å²) in [5, 5.41) is 4.49. The van der Waals surface area contributed by atoms with Crippen molar-refractivity contribution >= 4 is 0 Å². The second kappa shape index (κ2) is 5.57. The minimum Gasteiger partial charge on any atom is -0.328 e. The summed E-state index contributed by atoms with van der Waals surface area (Å²) in [6.45, 7) is 0.847. The molecular formula is C16H21N3. The van der Waals surface area contributed by atoms with Gasteiger partial charge in [-0.15, -0.1) is 0 Å². The van der Waals surface area contributed by atoms with E-state index in [9.17, 15) is 0 Å². The summed E-state index contributed by atoms with van der Waals surface area (Å²) < 4.78 is 2.03. The van der Waals surface area contributed by atoms with E-state index in [0.29, 0.717) is 12.0 Å². The quantitative estimate of drug-likeness (QED) is 0.916. The molecule has 2 N–H and O–H groups in total. The molecule has 1 aromatic carbocycles. The Hall–Kier alpha value is -1.61. The zero-order valence-corrected chi connectivity index (χ0v) is 11.2. The first-order valence-electron chi connectivity index (χ1n) is 7.13. The number of nitrogens with two attached hydrogens (primary N) is 1. The van der Waals surface area contributed by atoms with E-state index in [2.05, 4.69) is 35.6 Å². The van der Waals surface area contributed by atoms with Gasteiger partial charge in [0.15, 0.2) is 0 Å². The van der Waals surface area contributed by atoms with Gasteiger partial charge < -0.3 is 5.73 Å². The fourth-order valence-electron chi connectivity index (χ4n) is 2.98. The lowest BCUT2D eigenvalue weighted by atomic mass is 9.83. The number of rotatable bonds is 3. The maximum atomic E-state index is 6.07. The SMILES string of the molecule is NC1CCCC(c2cnn(Cc3ccccc3)c2)C1. The highest BCUT2D eigenvalue weighted by Crippen LogP contribution is 2.31. The molecule has 1 aliphatic rings. The molecule has 1 fully saturated rings. The van der Waals surface area contributed by atoms with Crippen molar-refractivity contribution in [3.63, 3.8) is 0 Å². The molecule has 2 aromatic rings. The second-order valence-corrected chi connectivity index (χ2v) is 5.58. The lowest BCUT2D eigenvalue weighted by Crippen LogP contribution is -2.26. The summed E-state index contributed by atoms with van der Waals surface area (Å²) in [5.41, 5.74) is 8.71. The van der Waals surface area contributed by atoms with E-state index in [-0.39, 0.29) is 0 Å². The Morgan fingerprint density at radius 2 is 2.05 bits per heavy atom. The van der Waals surface area contributed by atoms with Crippen LogP contribution in [-0.2, 0) is 6.54 Å².